The third-order valence-corrected chi connectivity index (χ3v) is 2.58. The lowest BCUT2D eigenvalue weighted by Crippen LogP contribution is -2.12. The maximum absolute atomic E-state index is 11.3. The summed E-state index contributed by atoms with van der Waals surface area (Å²) in [5.74, 6) is -1.60. The molecule has 3 nitrogen and oxygen atoms in total. The molecule has 3 heteroatoms. The molecule has 0 amide bonds. The highest BCUT2D eigenvalue weighted by Gasteiger charge is 2.21. The van der Waals surface area contributed by atoms with Crippen molar-refractivity contribution in [1.82, 2.24) is 0 Å². The van der Waals surface area contributed by atoms with Crippen LogP contribution in [0.15, 0.2) is 54.6 Å². The summed E-state index contributed by atoms with van der Waals surface area (Å²) in [7, 11) is 0. The van der Waals surface area contributed by atoms with Gasteiger partial charge in [0.2, 0.25) is 0 Å². The van der Waals surface area contributed by atoms with Gasteiger partial charge in [-0.05, 0) is 23.3 Å². The largest absolute Gasteiger partial charge is 0.508 e. The highest BCUT2D eigenvalue weighted by atomic mass is 16.4. The lowest BCUT2D eigenvalue weighted by Gasteiger charge is -2.13. The summed E-state index contributed by atoms with van der Waals surface area (Å²) >= 11 is 0. The number of hydrogen-bond acceptors (Lipinski definition) is 2. The molecule has 1 unspecified atom stereocenters. The third kappa shape index (κ3) is 2.45. The Morgan fingerprint density at radius 2 is 1.59 bits per heavy atom. The Morgan fingerprint density at radius 3 is 2.18 bits per heavy atom. The van der Waals surface area contributed by atoms with E-state index in [9.17, 15) is 15.0 Å². The fourth-order valence-electron chi connectivity index (χ4n) is 1.83. The van der Waals surface area contributed by atoms with Crippen LogP contribution in [0.2, 0.25) is 0 Å². The number of carboxylic acid groups (broad SMARTS) is 1. The van der Waals surface area contributed by atoms with Gasteiger partial charge >= 0.3 is 5.97 Å². The molecule has 17 heavy (non-hydrogen) atoms. The molecule has 86 valence electrons. The minimum absolute atomic E-state index is 0.0738. The van der Waals surface area contributed by atoms with Crippen molar-refractivity contribution >= 4 is 5.97 Å². The van der Waals surface area contributed by atoms with E-state index < -0.39 is 11.9 Å². The van der Waals surface area contributed by atoms with Gasteiger partial charge in [0, 0.05) is 0 Å². The molecule has 2 aromatic rings. The second-order valence-corrected chi connectivity index (χ2v) is 3.78. The Kier molecular flexibility index (Phi) is 3.10. The number of aromatic hydroxyl groups is 1. The van der Waals surface area contributed by atoms with Crippen LogP contribution in [-0.2, 0) is 4.79 Å². The molecule has 0 heterocycles. The molecular formula is C14H12O3. The van der Waals surface area contributed by atoms with Crippen LogP contribution in [0.3, 0.4) is 0 Å². The molecule has 0 saturated heterocycles. The maximum atomic E-state index is 11.3. The molecule has 1 atom stereocenters. The highest BCUT2D eigenvalue weighted by molar-refractivity contribution is 5.80. The van der Waals surface area contributed by atoms with Gasteiger partial charge < -0.3 is 10.2 Å². The highest BCUT2D eigenvalue weighted by Crippen LogP contribution is 2.27. The average molecular weight is 228 g/mol. The lowest BCUT2D eigenvalue weighted by molar-refractivity contribution is -0.137. The molecule has 0 fully saturated rings. The molecule has 0 saturated carbocycles. The molecule has 0 spiro atoms. The van der Waals surface area contributed by atoms with Gasteiger partial charge in [0.15, 0.2) is 0 Å². The Morgan fingerprint density at radius 1 is 0.941 bits per heavy atom. The number of benzene rings is 2. The van der Waals surface area contributed by atoms with Crippen LogP contribution < -0.4 is 0 Å². The molecule has 2 aromatic carbocycles. The number of hydrogen-bond donors (Lipinski definition) is 2. The van der Waals surface area contributed by atoms with Crippen molar-refractivity contribution in [2.24, 2.45) is 0 Å². The van der Waals surface area contributed by atoms with E-state index in [-0.39, 0.29) is 5.75 Å². The molecule has 2 N–H and O–H groups in total. The van der Waals surface area contributed by atoms with E-state index >= 15 is 0 Å². The summed E-state index contributed by atoms with van der Waals surface area (Å²) in [5, 5.41) is 18.7. The number of carboxylic acids is 1. The Balaban J connectivity index is 2.47. The van der Waals surface area contributed by atoms with Gasteiger partial charge in [-0.15, -0.1) is 0 Å². The van der Waals surface area contributed by atoms with E-state index in [1.165, 1.54) is 12.1 Å². The standard InChI is InChI=1S/C14H12O3/c15-12-8-4-7-11(9-12)13(14(16)17)10-5-2-1-3-6-10/h1-9,13,15H,(H,16,17). The molecule has 0 radical (unpaired) electrons. The van der Waals surface area contributed by atoms with Crippen molar-refractivity contribution in [2.75, 3.05) is 0 Å². The summed E-state index contributed by atoms with van der Waals surface area (Å²) in [4.78, 5) is 11.3. The van der Waals surface area contributed by atoms with Crippen molar-refractivity contribution in [3.63, 3.8) is 0 Å². The van der Waals surface area contributed by atoms with Crippen molar-refractivity contribution in [2.45, 2.75) is 5.92 Å². The Bertz CT molecular complexity index is 520. The lowest BCUT2D eigenvalue weighted by atomic mass is 9.91. The summed E-state index contributed by atoms with van der Waals surface area (Å²) in [5.41, 5.74) is 1.27. The summed E-state index contributed by atoms with van der Waals surface area (Å²) in [6, 6.07) is 15.3. The second kappa shape index (κ2) is 4.70. The normalized spacial score (nSPS) is 12.0. The molecule has 0 aliphatic rings. The van der Waals surface area contributed by atoms with E-state index in [4.69, 9.17) is 0 Å². The minimum atomic E-state index is -0.929. The van der Waals surface area contributed by atoms with Gasteiger partial charge in [-0.25, -0.2) is 0 Å². The van der Waals surface area contributed by atoms with Gasteiger partial charge in [-0.1, -0.05) is 42.5 Å². The average Bonchev–Trinajstić information content (AvgIpc) is 2.30. The smallest absolute Gasteiger partial charge is 0.315 e. The minimum Gasteiger partial charge on any atom is -0.508 e. The van der Waals surface area contributed by atoms with Gasteiger partial charge in [-0.2, -0.15) is 0 Å². The van der Waals surface area contributed by atoms with Crippen LogP contribution in [0.25, 0.3) is 0 Å². The molecule has 0 bridgehead atoms. The third-order valence-electron chi connectivity index (χ3n) is 2.58. The first-order valence-electron chi connectivity index (χ1n) is 5.25. The van der Waals surface area contributed by atoms with E-state index in [1.807, 2.05) is 6.07 Å². The summed E-state index contributed by atoms with van der Waals surface area (Å²) < 4.78 is 0. The van der Waals surface area contributed by atoms with Crippen molar-refractivity contribution in [1.29, 1.82) is 0 Å². The Hall–Kier alpha value is -2.29. The number of rotatable bonds is 3. The van der Waals surface area contributed by atoms with Crippen molar-refractivity contribution in [3.8, 4) is 5.75 Å². The predicted molar refractivity (Wildman–Crippen MR) is 64.0 cm³/mol. The maximum Gasteiger partial charge on any atom is 0.315 e. The van der Waals surface area contributed by atoms with Crippen LogP contribution in [0.4, 0.5) is 0 Å². The van der Waals surface area contributed by atoms with E-state index in [1.54, 1.807) is 36.4 Å². The second-order valence-electron chi connectivity index (χ2n) is 3.78. The van der Waals surface area contributed by atoms with Gasteiger partial charge in [0.1, 0.15) is 11.7 Å². The number of aliphatic carboxylic acids is 1. The van der Waals surface area contributed by atoms with Crippen LogP contribution in [0, 0.1) is 0 Å². The fourth-order valence-corrected chi connectivity index (χ4v) is 1.83. The molecule has 0 aliphatic heterocycles. The molecule has 0 aromatic heterocycles. The van der Waals surface area contributed by atoms with Crippen LogP contribution in [0.5, 0.6) is 5.75 Å². The zero-order chi connectivity index (χ0) is 12.3. The van der Waals surface area contributed by atoms with E-state index in [2.05, 4.69) is 0 Å². The summed E-state index contributed by atoms with van der Waals surface area (Å²) in [6.07, 6.45) is 0. The topological polar surface area (TPSA) is 57.5 Å². The van der Waals surface area contributed by atoms with Gasteiger partial charge in [0.05, 0.1) is 0 Å². The summed E-state index contributed by atoms with van der Waals surface area (Å²) in [6.45, 7) is 0. The number of carbonyl (C=O) groups is 1. The van der Waals surface area contributed by atoms with Gasteiger partial charge in [-0.3, -0.25) is 4.79 Å². The predicted octanol–water partition coefficient (Wildman–Crippen LogP) is 2.61. The van der Waals surface area contributed by atoms with Crippen LogP contribution in [-0.4, -0.2) is 16.2 Å². The number of phenols is 1. The van der Waals surface area contributed by atoms with Crippen molar-refractivity contribution in [3.05, 3.63) is 65.7 Å². The van der Waals surface area contributed by atoms with Gasteiger partial charge in [0.25, 0.3) is 0 Å². The first-order chi connectivity index (χ1) is 8.18. The van der Waals surface area contributed by atoms with Crippen molar-refractivity contribution < 1.29 is 15.0 Å². The van der Waals surface area contributed by atoms with E-state index in [0.717, 1.165) is 0 Å². The first-order valence-corrected chi connectivity index (χ1v) is 5.25. The number of phenolic OH excluding ortho intramolecular Hbond substituents is 1. The zero-order valence-electron chi connectivity index (χ0n) is 9.08. The quantitative estimate of drug-likeness (QED) is 0.849. The van der Waals surface area contributed by atoms with E-state index in [0.29, 0.717) is 11.1 Å². The SMILES string of the molecule is O=C(O)C(c1ccccc1)c1cccc(O)c1. The Labute approximate surface area is 99.0 Å². The van der Waals surface area contributed by atoms with Crippen LogP contribution >= 0.6 is 0 Å². The molecule has 2 rings (SSSR count). The molecular weight excluding hydrogens is 216 g/mol. The van der Waals surface area contributed by atoms with Crippen LogP contribution in [0.1, 0.15) is 17.0 Å². The zero-order valence-corrected chi connectivity index (χ0v) is 9.08. The monoisotopic (exact) mass is 228 g/mol. The fraction of sp³-hybridized carbons (Fsp3) is 0.0714. The molecule has 0 aliphatic carbocycles. The first kappa shape index (κ1) is 11.2.